The normalized spacial score (nSPS) is 27.0. The minimum Gasteiger partial charge on any atom is -0.393 e. The van der Waals surface area contributed by atoms with Gasteiger partial charge in [-0.1, -0.05) is 30.3 Å². The molecule has 4 atom stereocenters. The van der Waals surface area contributed by atoms with Gasteiger partial charge in [0.2, 0.25) is 5.91 Å². The Morgan fingerprint density at radius 1 is 1.17 bits per heavy atom. The highest BCUT2D eigenvalue weighted by atomic mass is 16.3. The van der Waals surface area contributed by atoms with Crippen LogP contribution in [0.3, 0.4) is 0 Å². The van der Waals surface area contributed by atoms with Crippen LogP contribution in [0.25, 0.3) is 0 Å². The number of aromatic nitrogens is 2. The van der Waals surface area contributed by atoms with Crippen molar-refractivity contribution >= 4 is 5.91 Å². The summed E-state index contributed by atoms with van der Waals surface area (Å²) in [5.41, 5.74) is 0.800. The van der Waals surface area contributed by atoms with Crippen LogP contribution in [-0.2, 0) is 11.2 Å². The number of carbonyl (C=O) groups is 1. The second-order valence-corrected chi connectivity index (χ2v) is 8.49. The molecule has 2 aromatic rings. The Hall–Kier alpha value is -2.71. The van der Waals surface area contributed by atoms with Gasteiger partial charge in [-0.15, -0.1) is 0 Å². The summed E-state index contributed by atoms with van der Waals surface area (Å²) in [5, 5.41) is 11.0. The van der Waals surface area contributed by atoms with Crippen LogP contribution in [0.15, 0.2) is 39.9 Å². The van der Waals surface area contributed by atoms with Crippen LogP contribution in [0, 0.1) is 12.8 Å². The number of H-pyrrole nitrogens is 2. The van der Waals surface area contributed by atoms with Crippen molar-refractivity contribution in [3.05, 3.63) is 68.0 Å². The Balaban J connectivity index is 1.55. The molecular formula is C22H28N4O4. The van der Waals surface area contributed by atoms with E-state index in [1.165, 1.54) is 5.56 Å². The number of hydrogen-bond acceptors (Lipinski definition) is 5. The van der Waals surface area contributed by atoms with E-state index < -0.39 is 17.4 Å². The molecule has 2 aliphatic rings. The number of nitrogens with zero attached hydrogens (tertiary/aromatic N) is 2. The molecule has 1 aromatic heterocycles. The van der Waals surface area contributed by atoms with Gasteiger partial charge in [0, 0.05) is 48.8 Å². The first-order chi connectivity index (χ1) is 14.3. The van der Waals surface area contributed by atoms with Gasteiger partial charge in [0.15, 0.2) is 0 Å². The molecule has 0 radical (unpaired) electrons. The Labute approximate surface area is 174 Å². The van der Waals surface area contributed by atoms with Crippen molar-refractivity contribution in [2.45, 2.75) is 37.8 Å². The van der Waals surface area contributed by atoms with Crippen molar-refractivity contribution in [1.29, 1.82) is 0 Å². The van der Waals surface area contributed by atoms with Crippen LogP contribution >= 0.6 is 0 Å². The van der Waals surface area contributed by atoms with Crippen molar-refractivity contribution in [1.82, 2.24) is 19.8 Å². The standard InChI is InChI=1S/C22H28N4O4/c1-13-15(21(29)24-22(30)23-13)10-19(28)26-9-8-18(27)20-16(11-25(2)17(20)12-26)14-6-4-3-5-7-14/h3-7,16-18,20,27H,8-12H2,1-2H3,(H2,23,24,29,30)/t16-,17+,18+,20-/m0/s1. The molecule has 0 unspecified atom stereocenters. The van der Waals surface area contributed by atoms with E-state index in [2.05, 4.69) is 27.0 Å². The molecule has 1 amide bonds. The van der Waals surface area contributed by atoms with E-state index in [0.29, 0.717) is 25.2 Å². The van der Waals surface area contributed by atoms with Crippen LogP contribution in [0.5, 0.6) is 0 Å². The van der Waals surface area contributed by atoms with Gasteiger partial charge in [0.1, 0.15) is 0 Å². The number of fused-ring (bicyclic) bond motifs is 1. The zero-order valence-electron chi connectivity index (χ0n) is 17.3. The number of hydrogen-bond donors (Lipinski definition) is 3. The highest BCUT2D eigenvalue weighted by molar-refractivity contribution is 5.79. The monoisotopic (exact) mass is 412 g/mol. The maximum absolute atomic E-state index is 13.0. The molecule has 0 saturated carbocycles. The zero-order chi connectivity index (χ0) is 21.4. The zero-order valence-corrected chi connectivity index (χ0v) is 17.3. The summed E-state index contributed by atoms with van der Waals surface area (Å²) in [6.07, 6.45) is -0.0661. The largest absolute Gasteiger partial charge is 0.393 e. The second-order valence-electron chi connectivity index (χ2n) is 8.49. The summed E-state index contributed by atoms with van der Waals surface area (Å²) in [5.74, 6) is 0.101. The number of aryl methyl sites for hydroxylation is 1. The summed E-state index contributed by atoms with van der Waals surface area (Å²) < 4.78 is 0. The lowest BCUT2D eigenvalue weighted by Crippen LogP contribution is -2.44. The van der Waals surface area contributed by atoms with Crippen LogP contribution in [0.1, 0.15) is 29.2 Å². The molecular weight excluding hydrogens is 384 g/mol. The summed E-state index contributed by atoms with van der Waals surface area (Å²) in [6, 6.07) is 10.3. The molecule has 3 heterocycles. The van der Waals surface area contributed by atoms with Crippen LogP contribution in [-0.4, -0.2) is 69.6 Å². The average Bonchev–Trinajstić information content (AvgIpc) is 2.93. The molecule has 160 valence electrons. The van der Waals surface area contributed by atoms with Crippen molar-refractivity contribution in [3.63, 3.8) is 0 Å². The van der Waals surface area contributed by atoms with Gasteiger partial charge >= 0.3 is 5.69 Å². The summed E-state index contributed by atoms with van der Waals surface area (Å²) in [4.78, 5) is 45.3. The number of aliphatic hydroxyl groups is 1. The number of likely N-dealkylation sites (N-methyl/N-ethyl adjacent to an activating group) is 1. The van der Waals surface area contributed by atoms with Gasteiger partial charge in [-0.05, 0) is 26.0 Å². The fourth-order valence-electron chi connectivity index (χ4n) is 5.07. The molecule has 2 aliphatic heterocycles. The lowest BCUT2D eigenvalue weighted by Gasteiger charge is -2.29. The van der Waals surface area contributed by atoms with Gasteiger partial charge < -0.3 is 19.9 Å². The summed E-state index contributed by atoms with van der Waals surface area (Å²) in [6.45, 7) is 3.41. The van der Waals surface area contributed by atoms with Gasteiger partial charge in [-0.3, -0.25) is 14.6 Å². The number of carbonyl (C=O) groups excluding carboxylic acids is 1. The van der Waals surface area contributed by atoms with E-state index in [4.69, 9.17) is 0 Å². The van der Waals surface area contributed by atoms with Crippen LogP contribution in [0.4, 0.5) is 0 Å². The van der Waals surface area contributed by atoms with Crippen molar-refractivity contribution in [2.75, 3.05) is 26.7 Å². The number of aliphatic hydroxyl groups excluding tert-OH is 1. The van der Waals surface area contributed by atoms with Crippen LogP contribution in [0.2, 0.25) is 0 Å². The SMILES string of the molecule is Cc1[nH]c(=O)[nH]c(=O)c1CC(=O)N1CC[C@@H](O)[C@@H]2[C@@H](C1)N(C)C[C@H]2c1ccccc1. The number of aromatic amines is 2. The third kappa shape index (κ3) is 3.85. The third-order valence-corrected chi connectivity index (χ3v) is 6.67. The smallest absolute Gasteiger partial charge is 0.325 e. The Morgan fingerprint density at radius 2 is 1.90 bits per heavy atom. The lowest BCUT2D eigenvalue weighted by molar-refractivity contribution is -0.131. The highest BCUT2D eigenvalue weighted by Gasteiger charge is 2.46. The predicted molar refractivity (Wildman–Crippen MR) is 112 cm³/mol. The van der Waals surface area contributed by atoms with Crippen molar-refractivity contribution in [3.8, 4) is 0 Å². The number of rotatable bonds is 3. The van der Waals surface area contributed by atoms with Crippen LogP contribution < -0.4 is 11.2 Å². The molecule has 8 nitrogen and oxygen atoms in total. The van der Waals surface area contributed by atoms with Crippen molar-refractivity contribution in [2.24, 2.45) is 5.92 Å². The average molecular weight is 412 g/mol. The Bertz CT molecular complexity index is 1030. The first-order valence-corrected chi connectivity index (χ1v) is 10.4. The Morgan fingerprint density at radius 3 is 2.60 bits per heavy atom. The number of nitrogens with one attached hydrogen (secondary N) is 2. The predicted octanol–water partition coefficient (Wildman–Crippen LogP) is 0.221. The molecule has 1 aromatic carbocycles. The van der Waals surface area contributed by atoms with Gasteiger partial charge in [0.05, 0.1) is 12.5 Å². The topological polar surface area (TPSA) is 109 Å². The second kappa shape index (κ2) is 8.20. The van der Waals surface area contributed by atoms with E-state index in [1.807, 2.05) is 25.2 Å². The number of amides is 1. The molecule has 0 aliphatic carbocycles. The maximum atomic E-state index is 13.0. The molecule has 8 heteroatoms. The maximum Gasteiger partial charge on any atom is 0.325 e. The third-order valence-electron chi connectivity index (χ3n) is 6.67. The summed E-state index contributed by atoms with van der Waals surface area (Å²) >= 11 is 0. The van der Waals surface area contributed by atoms with E-state index in [0.717, 1.165) is 6.54 Å². The molecule has 2 fully saturated rings. The number of benzene rings is 1. The molecule has 4 rings (SSSR count). The minimum atomic E-state index is -0.575. The van der Waals surface area contributed by atoms with Crippen molar-refractivity contribution < 1.29 is 9.90 Å². The van der Waals surface area contributed by atoms with Gasteiger partial charge in [-0.2, -0.15) is 0 Å². The molecule has 0 spiro atoms. The quantitative estimate of drug-likeness (QED) is 0.668. The van der Waals surface area contributed by atoms with E-state index >= 15 is 0 Å². The summed E-state index contributed by atoms with van der Waals surface area (Å²) in [7, 11) is 2.04. The van der Waals surface area contributed by atoms with Gasteiger partial charge in [-0.25, -0.2) is 4.79 Å². The number of likely N-dealkylation sites (tertiary alicyclic amines) is 2. The first kappa shape index (κ1) is 20.6. The fraction of sp³-hybridized carbons (Fsp3) is 0.500. The Kier molecular flexibility index (Phi) is 5.62. The van der Waals surface area contributed by atoms with Gasteiger partial charge in [0.25, 0.3) is 5.56 Å². The van der Waals surface area contributed by atoms with E-state index in [1.54, 1.807) is 11.8 Å². The lowest BCUT2D eigenvalue weighted by atomic mass is 9.81. The molecule has 0 bridgehead atoms. The molecule has 2 saturated heterocycles. The molecule has 30 heavy (non-hydrogen) atoms. The minimum absolute atomic E-state index is 0.0478. The first-order valence-electron chi connectivity index (χ1n) is 10.4. The fourth-order valence-corrected chi connectivity index (χ4v) is 5.07. The molecule has 3 N–H and O–H groups in total. The van der Waals surface area contributed by atoms with E-state index in [-0.39, 0.29) is 35.8 Å². The highest BCUT2D eigenvalue weighted by Crippen LogP contribution is 2.41. The van der Waals surface area contributed by atoms with E-state index in [9.17, 15) is 19.5 Å².